The fourth-order valence-electron chi connectivity index (χ4n) is 4.26. The molecule has 3 aromatic heterocycles. The average molecular weight is 581 g/mol. The third-order valence-electron chi connectivity index (χ3n) is 6.05. The van der Waals surface area contributed by atoms with Crippen LogP contribution in [-0.4, -0.2) is 86.8 Å². The van der Waals surface area contributed by atoms with Crippen molar-refractivity contribution >= 4 is 30.9 Å². The number of aliphatic hydroxyl groups excluding tert-OH is 2. The number of nitrogens with zero attached hydrogens (tertiary/aromatic N) is 6. The fourth-order valence-corrected chi connectivity index (χ4v) is 5.22. The van der Waals surface area contributed by atoms with Gasteiger partial charge in [0.1, 0.15) is 37.1 Å². The molecule has 19 nitrogen and oxygen atoms in total. The predicted molar refractivity (Wildman–Crippen MR) is 125 cm³/mol. The molecule has 8 N–H and O–H groups in total. The Kier molecular flexibility index (Phi) is 8.89. The van der Waals surface area contributed by atoms with Crippen molar-refractivity contribution < 1.29 is 69.2 Å². The minimum atomic E-state index is -4.76. The number of anilines is 2. The summed E-state index contributed by atoms with van der Waals surface area (Å²) in [7, 11) is -4.76. The molecule has 7 atom stereocenters. The molecule has 0 aromatic carbocycles. The Hall–Kier alpha value is -2.29. The summed E-state index contributed by atoms with van der Waals surface area (Å²) >= 11 is 0. The fraction of sp³-hybridized carbons (Fsp3) is 0.556. The molecule has 0 amide bonds. The zero-order chi connectivity index (χ0) is 27.2. The zero-order valence-corrected chi connectivity index (χ0v) is 23.3. The van der Waals surface area contributed by atoms with Gasteiger partial charge in [0, 0.05) is 12.8 Å². The molecule has 21 heteroatoms. The number of aromatic amines is 1. The largest absolute Gasteiger partial charge is 1.00 e. The van der Waals surface area contributed by atoms with Crippen molar-refractivity contribution in [2.45, 2.75) is 49.7 Å². The predicted octanol–water partition coefficient (Wildman–Crippen LogP) is -5.52. The van der Waals surface area contributed by atoms with E-state index in [0.717, 1.165) is 10.9 Å². The molecule has 5 heterocycles. The SMILES string of the molecule is Nc1ncn([C@H]2CC(OP(=O)(O)OC[C@H]3O[C@@H](n4cnc5c(=O)[nH]c(N)nc54)C[C@@H]3O)[C@@H](CO)O2)c(=O)n1.[H-].[Na+]. The van der Waals surface area contributed by atoms with Crippen molar-refractivity contribution in [3.8, 4) is 0 Å². The van der Waals surface area contributed by atoms with Gasteiger partial charge >= 0.3 is 43.1 Å². The van der Waals surface area contributed by atoms with Crippen LogP contribution in [0, 0.1) is 0 Å². The minimum absolute atomic E-state index is 0. The maximum absolute atomic E-state index is 12.7. The number of aliphatic hydroxyl groups is 2. The molecule has 5 rings (SSSR count). The molecule has 208 valence electrons. The summed E-state index contributed by atoms with van der Waals surface area (Å²) in [5.74, 6) is -0.369. The van der Waals surface area contributed by atoms with E-state index < -0.39 is 69.2 Å². The Balaban J connectivity index is 0.00000220. The van der Waals surface area contributed by atoms with Crippen LogP contribution in [0.15, 0.2) is 22.2 Å². The van der Waals surface area contributed by atoms with E-state index in [1.807, 2.05) is 0 Å². The van der Waals surface area contributed by atoms with Gasteiger partial charge in [-0.15, -0.1) is 0 Å². The van der Waals surface area contributed by atoms with E-state index in [2.05, 4.69) is 24.9 Å². The van der Waals surface area contributed by atoms with Crippen LogP contribution in [0.25, 0.3) is 11.2 Å². The number of nitrogen functional groups attached to an aromatic ring is 2. The van der Waals surface area contributed by atoms with Crippen LogP contribution in [0.1, 0.15) is 26.7 Å². The number of imidazole rings is 1. The smallest absolute Gasteiger partial charge is 1.00 e. The first-order chi connectivity index (χ1) is 18.0. The van der Waals surface area contributed by atoms with Gasteiger partial charge in [0.05, 0.1) is 25.6 Å². The number of ether oxygens (including phenoxy) is 2. The van der Waals surface area contributed by atoms with Gasteiger partial charge in [0.25, 0.3) is 5.56 Å². The number of nitrogens with one attached hydrogen (secondary N) is 1. The molecule has 0 saturated carbocycles. The molecule has 0 radical (unpaired) electrons. The summed E-state index contributed by atoms with van der Waals surface area (Å²) in [6, 6.07) is 0. The van der Waals surface area contributed by atoms with Crippen LogP contribution in [-0.2, 0) is 23.1 Å². The Bertz CT molecular complexity index is 1510. The summed E-state index contributed by atoms with van der Waals surface area (Å²) in [5, 5.41) is 20.1. The van der Waals surface area contributed by atoms with Crippen LogP contribution in [0.2, 0.25) is 0 Å². The Morgan fingerprint density at radius 2 is 1.82 bits per heavy atom. The first-order valence-corrected chi connectivity index (χ1v) is 12.7. The molecule has 2 unspecified atom stereocenters. The molecule has 2 fully saturated rings. The van der Waals surface area contributed by atoms with Gasteiger partial charge in [-0.2, -0.15) is 9.97 Å². The van der Waals surface area contributed by atoms with Crippen LogP contribution in [0.5, 0.6) is 0 Å². The molecule has 0 spiro atoms. The van der Waals surface area contributed by atoms with Crippen molar-refractivity contribution in [1.82, 2.24) is 34.1 Å². The maximum Gasteiger partial charge on any atom is 1.00 e. The van der Waals surface area contributed by atoms with Gasteiger partial charge in [0.15, 0.2) is 11.2 Å². The minimum Gasteiger partial charge on any atom is -1.00 e. The number of hydrogen-bond acceptors (Lipinski definition) is 15. The summed E-state index contributed by atoms with van der Waals surface area (Å²) in [5.41, 5.74) is 9.82. The Morgan fingerprint density at radius 1 is 1.13 bits per heavy atom. The van der Waals surface area contributed by atoms with E-state index in [1.54, 1.807) is 0 Å². The molecule has 39 heavy (non-hydrogen) atoms. The molecule has 0 aliphatic carbocycles. The first-order valence-electron chi connectivity index (χ1n) is 11.2. The zero-order valence-electron chi connectivity index (χ0n) is 21.4. The van der Waals surface area contributed by atoms with Crippen molar-refractivity contribution in [1.29, 1.82) is 0 Å². The van der Waals surface area contributed by atoms with Crippen LogP contribution >= 0.6 is 7.82 Å². The average Bonchev–Trinajstić information content (AvgIpc) is 3.54. The van der Waals surface area contributed by atoms with Crippen molar-refractivity contribution in [3.05, 3.63) is 33.5 Å². The summed E-state index contributed by atoms with van der Waals surface area (Å²) in [6.45, 7) is -1.13. The molecular formula is C18H25N9NaO10P. The van der Waals surface area contributed by atoms with Crippen molar-refractivity contribution in [2.24, 2.45) is 0 Å². The van der Waals surface area contributed by atoms with Crippen LogP contribution in [0.4, 0.5) is 11.9 Å². The third kappa shape index (κ3) is 6.23. The molecule has 2 aliphatic rings. The second kappa shape index (κ2) is 11.7. The van der Waals surface area contributed by atoms with Gasteiger partial charge in [0.2, 0.25) is 11.9 Å². The van der Waals surface area contributed by atoms with Gasteiger partial charge in [-0.05, 0) is 0 Å². The topological polar surface area (TPSA) is 278 Å². The molecule has 3 aromatic rings. The van der Waals surface area contributed by atoms with Crippen molar-refractivity contribution in [3.63, 3.8) is 0 Å². The standard InChI is InChI=1S/C18H24N9O10P.Na.H/c19-16-22-6-27(18(31)25-16)12-2-8(9(3-28)35-12)37-38(32,33)34-4-10-7(29)1-11(36-10)26-5-21-13-14(26)23-17(20)24-15(13)30;;/h5-12,28-29H,1-4H2,(H,32,33)(H2,19,25,31)(H3,20,23,24,30);;/q;+1;-1/t7-,8?,9+,10+,11+,12+;;/m0../s1. The van der Waals surface area contributed by atoms with E-state index in [4.69, 9.17) is 30.0 Å². The molecule has 0 bridgehead atoms. The van der Waals surface area contributed by atoms with E-state index in [9.17, 15) is 29.3 Å². The first kappa shape index (κ1) is 29.7. The van der Waals surface area contributed by atoms with Crippen molar-refractivity contribution in [2.75, 3.05) is 24.7 Å². The van der Waals surface area contributed by atoms with Gasteiger partial charge in [-0.25, -0.2) is 19.3 Å². The van der Waals surface area contributed by atoms with Gasteiger partial charge < -0.3 is 37.5 Å². The van der Waals surface area contributed by atoms with E-state index in [1.165, 1.54) is 10.9 Å². The van der Waals surface area contributed by atoms with E-state index >= 15 is 0 Å². The summed E-state index contributed by atoms with van der Waals surface area (Å²) < 4.78 is 36.6. The Morgan fingerprint density at radius 3 is 2.54 bits per heavy atom. The van der Waals surface area contributed by atoms with E-state index in [-0.39, 0.29) is 66.9 Å². The third-order valence-corrected chi connectivity index (χ3v) is 7.06. The van der Waals surface area contributed by atoms with E-state index in [0.29, 0.717) is 0 Å². The van der Waals surface area contributed by atoms with Gasteiger partial charge in [-0.3, -0.25) is 28.0 Å². The number of phosphoric acid groups is 1. The Labute approximate surface area is 241 Å². The summed E-state index contributed by atoms with van der Waals surface area (Å²) in [6.07, 6.45) is -3.86. The van der Waals surface area contributed by atoms with Crippen LogP contribution < -0.4 is 52.3 Å². The number of H-pyrrole nitrogens is 1. The molecule has 2 aliphatic heterocycles. The quantitative estimate of drug-likeness (QED) is 0.107. The second-order valence-corrected chi connectivity index (χ2v) is 9.97. The number of hydrogen-bond donors (Lipinski definition) is 6. The second-order valence-electron chi connectivity index (χ2n) is 8.57. The molecule has 2 saturated heterocycles. The maximum atomic E-state index is 12.7. The number of fused-ring (bicyclic) bond motifs is 1. The van der Waals surface area contributed by atoms with Gasteiger partial charge in [-0.1, -0.05) is 0 Å². The number of rotatable bonds is 8. The van der Waals surface area contributed by atoms with Crippen LogP contribution in [0.3, 0.4) is 0 Å². The number of nitrogens with two attached hydrogens (primary N) is 2. The summed E-state index contributed by atoms with van der Waals surface area (Å²) in [4.78, 5) is 51.9. The number of phosphoric ester groups is 1. The monoisotopic (exact) mass is 581 g/mol. The molecular weight excluding hydrogens is 556 g/mol. The number of aromatic nitrogens is 7. The normalized spacial score (nSPS) is 28.4.